The number of carbonyl (C=O) groups excluding carboxylic acids is 4. The summed E-state index contributed by atoms with van der Waals surface area (Å²) in [4.78, 5) is 57.6. The molecule has 11 heteroatoms. The highest BCUT2D eigenvalue weighted by Gasteiger charge is 2.44. The van der Waals surface area contributed by atoms with E-state index < -0.39 is 41.3 Å². The molecular formula is C37H40N6O4S. The van der Waals surface area contributed by atoms with Crippen molar-refractivity contribution in [2.75, 3.05) is 6.54 Å². The van der Waals surface area contributed by atoms with Crippen LogP contribution >= 0.6 is 11.3 Å². The Bertz CT molecular complexity index is 1930. The van der Waals surface area contributed by atoms with Crippen molar-refractivity contribution in [1.82, 2.24) is 20.9 Å². The number of amides is 4. The topological polar surface area (TPSA) is 172 Å². The smallest absolute Gasteiger partial charge is 0.243 e. The highest BCUT2D eigenvalue weighted by Crippen LogP contribution is 2.40. The molecule has 0 radical (unpaired) electrons. The van der Waals surface area contributed by atoms with E-state index >= 15 is 0 Å². The van der Waals surface area contributed by atoms with Crippen LogP contribution in [0.5, 0.6) is 0 Å². The molecule has 1 fully saturated rings. The van der Waals surface area contributed by atoms with Gasteiger partial charge in [0.2, 0.25) is 23.6 Å². The zero-order chi connectivity index (χ0) is 33.7. The molecule has 6 rings (SSSR count). The monoisotopic (exact) mass is 664 g/mol. The van der Waals surface area contributed by atoms with Gasteiger partial charge in [-0.2, -0.15) is 0 Å². The molecule has 10 nitrogen and oxygen atoms in total. The Morgan fingerprint density at radius 3 is 2.06 bits per heavy atom. The Kier molecular flexibility index (Phi) is 9.88. The van der Waals surface area contributed by atoms with E-state index in [4.69, 9.17) is 11.5 Å². The molecule has 0 bridgehead atoms. The lowest BCUT2D eigenvalue weighted by molar-refractivity contribution is -0.139. The summed E-state index contributed by atoms with van der Waals surface area (Å²) in [5, 5.41) is 12.6. The summed E-state index contributed by atoms with van der Waals surface area (Å²) in [7, 11) is 0. The number of para-hydroxylation sites is 1. The van der Waals surface area contributed by atoms with Gasteiger partial charge < -0.3 is 32.4 Å². The third-order valence-electron chi connectivity index (χ3n) is 9.46. The van der Waals surface area contributed by atoms with E-state index in [0.29, 0.717) is 12.8 Å². The number of hydrogen-bond acceptors (Lipinski definition) is 6. The van der Waals surface area contributed by atoms with E-state index in [9.17, 15) is 19.2 Å². The number of carbonyl (C=O) groups is 4. The number of H-pyrrole nitrogens is 1. The molecule has 1 aliphatic carbocycles. The maximum Gasteiger partial charge on any atom is 0.243 e. The zero-order valence-corrected chi connectivity index (χ0v) is 27.4. The average molecular weight is 665 g/mol. The van der Waals surface area contributed by atoms with Gasteiger partial charge in [-0.1, -0.05) is 73.2 Å². The predicted molar refractivity (Wildman–Crippen MR) is 188 cm³/mol. The molecular weight excluding hydrogens is 625 g/mol. The molecule has 5 aromatic rings. The standard InChI is InChI=1S/C37H40N6O4S/c38-22-37(15-8-16-37)36(47)43-31(19-25-21-48-32-14-7-5-12-27(25)32)35(46)42-30(18-24-20-40-28-13-6-4-11-26(24)28)34(45)41-29(33(39)44)17-23-9-2-1-3-10-23/h1-7,9-14,20-21,29-31,40H,8,15-19,22,38H2,(H2,39,44)(H,41,45)(H,42,46)(H,43,47)/t29-,30+,31+/m0/s1. The van der Waals surface area contributed by atoms with Crippen LogP contribution in [-0.4, -0.2) is 53.3 Å². The number of nitrogens with one attached hydrogen (secondary N) is 4. The van der Waals surface area contributed by atoms with Crippen LogP contribution in [0.1, 0.15) is 36.0 Å². The normalized spacial score (nSPS) is 15.6. The SMILES string of the molecule is NCC1(C(=O)N[C@H](Cc2csc3ccccc23)C(=O)N[C@H](Cc2c[nH]c3ccccc23)C(=O)N[C@@H](Cc2ccccc2)C(N)=O)CCC1. The van der Waals surface area contributed by atoms with Gasteiger partial charge in [0.1, 0.15) is 18.1 Å². The van der Waals surface area contributed by atoms with Crippen LogP contribution in [0, 0.1) is 5.41 Å². The lowest BCUT2D eigenvalue weighted by atomic mass is 9.68. The first-order chi connectivity index (χ1) is 23.3. The quantitative estimate of drug-likeness (QED) is 0.107. The summed E-state index contributed by atoms with van der Waals surface area (Å²) in [5.41, 5.74) is 14.5. The Balaban J connectivity index is 1.29. The van der Waals surface area contributed by atoms with E-state index in [1.165, 1.54) is 0 Å². The second-order valence-corrected chi connectivity index (χ2v) is 13.5. The van der Waals surface area contributed by atoms with Crippen molar-refractivity contribution >= 4 is 56.0 Å². The number of thiophene rings is 1. The van der Waals surface area contributed by atoms with E-state index in [0.717, 1.165) is 44.1 Å². The summed E-state index contributed by atoms with van der Waals surface area (Å²) in [6, 6.07) is 21.8. The van der Waals surface area contributed by atoms with Gasteiger partial charge in [0.25, 0.3) is 0 Å². The number of benzene rings is 3. The van der Waals surface area contributed by atoms with Gasteiger partial charge in [0, 0.05) is 47.6 Å². The summed E-state index contributed by atoms with van der Waals surface area (Å²) < 4.78 is 1.07. The Morgan fingerprint density at radius 2 is 1.38 bits per heavy atom. The number of nitrogens with two attached hydrogens (primary N) is 2. The average Bonchev–Trinajstić information content (AvgIpc) is 3.68. The van der Waals surface area contributed by atoms with Crippen LogP contribution in [0.2, 0.25) is 0 Å². The van der Waals surface area contributed by atoms with E-state index in [-0.39, 0.29) is 31.7 Å². The molecule has 1 aliphatic rings. The lowest BCUT2D eigenvalue weighted by Gasteiger charge is -2.40. The molecule has 4 amide bonds. The number of fused-ring (bicyclic) bond motifs is 2. The largest absolute Gasteiger partial charge is 0.368 e. The number of primary amides is 1. The molecule has 48 heavy (non-hydrogen) atoms. The van der Waals surface area contributed by atoms with Crippen molar-refractivity contribution < 1.29 is 19.2 Å². The second kappa shape index (κ2) is 14.4. The summed E-state index contributed by atoms with van der Waals surface area (Å²) in [5.74, 6) is -2.02. The summed E-state index contributed by atoms with van der Waals surface area (Å²) >= 11 is 1.57. The van der Waals surface area contributed by atoms with Gasteiger partial charge in [-0.3, -0.25) is 19.2 Å². The fraction of sp³-hybridized carbons (Fsp3) is 0.297. The van der Waals surface area contributed by atoms with Crippen molar-refractivity contribution in [3.63, 3.8) is 0 Å². The van der Waals surface area contributed by atoms with E-state index in [1.54, 1.807) is 11.3 Å². The molecule has 0 saturated heterocycles. The van der Waals surface area contributed by atoms with Crippen molar-refractivity contribution in [2.45, 2.75) is 56.7 Å². The van der Waals surface area contributed by atoms with Crippen LogP contribution in [0.3, 0.4) is 0 Å². The van der Waals surface area contributed by atoms with Crippen LogP contribution in [0.15, 0.2) is 90.4 Å². The minimum Gasteiger partial charge on any atom is -0.368 e. The molecule has 0 spiro atoms. The molecule has 0 unspecified atom stereocenters. The van der Waals surface area contributed by atoms with Crippen molar-refractivity contribution in [3.05, 3.63) is 107 Å². The summed E-state index contributed by atoms with van der Waals surface area (Å²) in [6.07, 6.45) is 4.58. The first-order valence-corrected chi connectivity index (χ1v) is 17.1. The number of aromatic amines is 1. The van der Waals surface area contributed by atoms with Crippen molar-refractivity contribution in [3.8, 4) is 0 Å². The fourth-order valence-corrected chi connectivity index (χ4v) is 7.38. The molecule has 3 atom stereocenters. The highest BCUT2D eigenvalue weighted by atomic mass is 32.1. The maximum atomic E-state index is 14.2. The molecule has 8 N–H and O–H groups in total. The van der Waals surface area contributed by atoms with E-state index in [2.05, 4.69) is 20.9 Å². The molecule has 3 aromatic carbocycles. The summed E-state index contributed by atoms with van der Waals surface area (Å²) in [6.45, 7) is 0.191. The lowest BCUT2D eigenvalue weighted by Crippen LogP contribution is -2.60. The molecule has 0 aliphatic heterocycles. The molecule has 1 saturated carbocycles. The first kappa shape index (κ1) is 32.9. The van der Waals surface area contributed by atoms with Crippen LogP contribution < -0.4 is 27.4 Å². The van der Waals surface area contributed by atoms with Crippen molar-refractivity contribution in [2.24, 2.45) is 16.9 Å². The van der Waals surface area contributed by atoms with Gasteiger partial charge in [0.05, 0.1) is 5.41 Å². The van der Waals surface area contributed by atoms with Crippen molar-refractivity contribution in [1.29, 1.82) is 0 Å². The Labute approximate surface area is 282 Å². The maximum absolute atomic E-state index is 14.2. The van der Waals surface area contributed by atoms with Gasteiger partial charge in [0.15, 0.2) is 0 Å². The van der Waals surface area contributed by atoms with E-state index in [1.807, 2.05) is 90.4 Å². The third kappa shape index (κ3) is 7.12. The second-order valence-electron chi connectivity index (χ2n) is 12.6. The first-order valence-electron chi connectivity index (χ1n) is 16.2. The number of aromatic nitrogens is 1. The Morgan fingerprint density at radius 1 is 0.750 bits per heavy atom. The number of rotatable bonds is 14. The van der Waals surface area contributed by atoms with Gasteiger partial charge in [-0.25, -0.2) is 0 Å². The highest BCUT2D eigenvalue weighted by molar-refractivity contribution is 7.17. The molecule has 248 valence electrons. The minimum absolute atomic E-state index is 0.132. The van der Waals surface area contributed by atoms with Gasteiger partial charge in [-0.15, -0.1) is 11.3 Å². The minimum atomic E-state index is -1.08. The Hall–Kier alpha value is -5.00. The number of hydrogen-bond donors (Lipinski definition) is 6. The third-order valence-corrected chi connectivity index (χ3v) is 10.5. The van der Waals surface area contributed by atoms with Gasteiger partial charge in [-0.05, 0) is 52.4 Å². The molecule has 2 aromatic heterocycles. The van der Waals surface area contributed by atoms with Crippen LogP contribution in [0.4, 0.5) is 0 Å². The zero-order valence-electron chi connectivity index (χ0n) is 26.5. The van der Waals surface area contributed by atoms with Crippen LogP contribution in [0.25, 0.3) is 21.0 Å². The van der Waals surface area contributed by atoms with Crippen LogP contribution in [-0.2, 0) is 38.4 Å². The predicted octanol–water partition coefficient (Wildman–Crippen LogP) is 3.48. The fourth-order valence-electron chi connectivity index (χ4n) is 6.41. The van der Waals surface area contributed by atoms with Gasteiger partial charge >= 0.3 is 0 Å². The molecule has 2 heterocycles.